The van der Waals surface area contributed by atoms with Crippen molar-refractivity contribution >= 4 is 22.6 Å². The molecule has 0 unspecified atom stereocenters. The van der Waals surface area contributed by atoms with Crippen molar-refractivity contribution in [2.24, 2.45) is 0 Å². The molecule has 0 saturated heterocycles. The van der Waals surface area contributed by atoms with Crippen molar-refractivity contribution in [1.29, 1.82) is 0 Å². The van der Waals surface area contributed by atoms with Gasteiger partial charge in [-0.2, -0.15) is 5.10 Å². The molecular formula is C23H21FN4O. The number of hydrogen-bond acceptors (Lipinski definition) is 3. The molecule has 2 aromatic heterocycles. The summed E-state index contributed by atoms with van der Waals surface area (Å²) in [7, 11) is 0. The lowest BCUT2D eigenvalue weighted by molar-refractivity contribution is -0.116. The van der Waals surface area contributed by atoms with Crippen LogP contribution in [0.1, 0.15) is 16.8 Å². The minimum Gasteiger partial charge on any atom is -0.324 e. The zero-order valence-electron chi connectivity index (χ0n) is 16.5. The maximum atomic E-state index is 13.3. The second-order valence-electron chi connectivity index (χ2n) is 7.15. The Kier molecular flexibility index (Phi) is 4.84. The minimum absolute atomic E-state index is 0.0527. The molecule has 0 spiro atoms. The van der Waals surface area contributed by atoms with E-state index in [-0.39, 0.29) is 18.3 Å². The number of carbonyl (C=O) groups excluding carboxylic acids is 1. The Hall–Kier alpha value is -3.54. The topological polar surface area (TPSA) is 59.8 Å². The van der Waals surface area contributed by atoms with Crippen LogP contribution in [0.5, 0.6) is 0 Å². The average molecular weight is 388 g/mol. The van der Waals surface area contributed by atoms with Crippen LogP contribution >= 0.6 is 0 Å². The predicted molar refractivity (Wildman–Crippen MR) is 112 cm³/mol. The van der Waals surface area contributed by atoms with Crippen molar-refractivity contribution in [1.82, 2.24) is 14.8 Å². The molecule has 146 valence electrons. The zero-order valence-corrected chi connectivity index (χ0v) is 16.5. The standard InChI is InChI=1S/C23H21FN4O/c1-14-4-9-19(12-15(14)2)26-21(29)13-28-23-22(16(3)27-28)20(10-11-25-23)17-5-7-18(24)8-6-17/h4-12H,13H2,1-3H3,(H,26,29). The molecule has 0 bridgehead atoms. The molecule has 2 heterocycles. The first-order valence-electron chi connectivity index (χ1n) is 9.37. The number of benzene rings is 2. The van der Waals surface area contributed by atoms with Crippen molar-refractivity contribution in [3.8, 4) is 11.1 Å². The lowest BCUT2D eigenvalue weighted by atomic mass is 10.0. The Morgan fingerprint density at radius 1 is 1.03 bits per heavy atom. The van der Waals surface area contributed by atoms with Gasteiger partial charge in [0, 0.05) is 17.3 Å². The monoisotopic (exact) mass is 388 g/mol. The summed E-state index contributed by atoms with van der Waals surface area (Å²) in [6, 6.07) is 14.0. The van der Waals surface area contributed by atoms with Crippen molar-refractivity contribution in [3.63, 3.8) is 0 Å². The van der Waals surface area contributed by atoms with Crippen LogP contribution < -0.4 is 5.32 Å². The molecule has 0 aliphatic rings. The van der Waals surface area contributed by atoms with Gasteiger partial charge in [-0.3, -0.25) is 4.79 Å². The Bertz CT molecular complexity index is 1210. The number of nitrogens with zero attached hydrogens (tertiary/aromatic N) is 3. The van der Waals surface area contributed by atoms with Gasteiger partial charge in [0.1, 0.15) is 12.4 Å². The van der Waals surface area contributed by atoms with Crippen LogP contribution in [-0.4, -0.2) is 20.7 Å². The van der Waals surface area contributed by atoms with Crippen molar-refractivity contribution in [2.75, 3.05) is 5.32 Å². The molecule has 1 N–H and O–H groups in total. The summed E-state index contributed by atoms with van der Waals surface area (Å²) in [6.45, 7) is 5.98. The number of amides is 1. The fourth-order valence-electron chi connectivity index (χ4n) is 3.42. The summed E-state index contributed by atoms with van der Waals surface area (Å²) >= 11 is 0. The fourth-order valence-corrected chi connectivity index (χ4v) is 3.42. The number of rotatable bonds is 4. The Balaban J connectivity index is 1.64. The summed E-state index contributed by atoms with van der Waals surface area (Å²) in [6.07, 6.45) is 1.68. The zero-order chi connectivity index (χ0) is 20.5. The highest BCUT2D eigenvalue weighted by Crippen LogP contribution is 2.30. The number of hydrogen-bond donors (Lipinski definition) is 1. The van der Waals surface area contributed by atoms with Gasteiger partial charge in [-0.05, 0) is 73.4 Å². The summed E-state index contributed by atoms with van der Waals surface area (Å²) in [5, 5.41) is 8.30. The maximum absolute atomic E-state index is 13.3. The largest absolute Gasteiger partial charge is 0.324 e. The molecule has 4 rings (SSSR count). The number of carbonyl (C=O) groups is 1. The second kappa shape index (κ2) is 7.47. The number of anilines is 1. The van der Waals surface area contributed by atoms with Crippen LogP contribution in [0.3, 0.4) is 0 Å². The highest BCUT2D eigenvalue weighted by molar-refractivity contribution is 5.96. The molecular weight excluding hydrogens is 367 g/mol. The normalized spacial score (nSPS) is 11.0. The molecule has 0 fully saturated rings. The van der Waals surface area contributed by atoms with Gasteiger partial charge in [-0.15, -0.1) is 0 Å². The van der Waals surface area contributed by atoms with E-state index in [1.165, 1.54) is 17.7 Å². The molecule has 0 saturated carbocycles. The highest BCUT2D eigenvalue weighted by Gasteiger charge is 2.16. The van der Waals surface area contributed by atoms with Gasteiger partial charge in [0.05, 0.1) is 5.69 Å². The van der Waals surface area contributed by atoms with E-state index in [4.69, 9.17) is 0 Å². The van der Waals surface area contributed by atoms with E-state index in [2.05, 4.69) is 15.4 Å². The van der Waals surface area contributed by atoms with Gasteiger partial charge in [0.2, 0.25) is 5.91 Å². The molecule has 29 heavy (non-hydrogen) atoms. The Morgan fingerprint density at radius 2 is 1.79 bits per heavy atom. The number of nitrogens with one attached hydrogen (secondary N) is 1. The molecule has 4 aromatic rings. The van der Waals surface area contributed by atoms with Gasteiger partial charge in [0.25, 0.3) is 0 Å². The minimum atomic E-state index is -0.283. The number of aromatic nitrogens is 3. The lowest BCUT2D eigenvalue weighted by Crippen LogP contribution is -2.19. The van der Waals surface area contributed by atoms with Crippen LogP contribution in [0.15, 0.2) is 54.7 Å². The van der Waals surface area contributed by atoms with E-state index in [1.807, 2.05) is 45.0 Å². The third kappa shape index (κ3) is 3.74. The predicted octanol–water partition coefficient (Wildman–Crippen LogP) is 4.80. The number of pyridine rings is 1. The first-order valence-corrected chi connectivity index (χ1v) is 9.37. The molecule has 0 aliphatic heterocycles. The third-order valence-corrected chi connectivity index (χ3v) is 5.05. The van der Waals surface area contributed by atoms with Crippen molar-refractivity contribution < 1.29 is 9.18 Å². The molecule has 1 amide bonds. The van der Waals surface area contributed by atoms with E-state index < -0.39 is 0 Å². The van der Waals surface area contributed by atoms with Crippen LogP contribution in [0.25, 0.3) is 22.2 Å². The Labute approximate surface area is 168 Å². The first-order chi connectivity index (χ1) is 13.9. The molecule has 6 heteroatoms. The van der Waals surface area contributed by atoms with E-state index >= 15 is 0 Å². The Morgan fingerprint density at radius 3 is 2.52 bits per heavy atom. The van der Waals surface area contributed by atoms with E-state index in [9.17, 15) is 9.18 Å². The molecule has 0 atom stereocenters. The van der Waals surface area contributed by atoms with Crippen LogP contribution in [0.4, 0.5) is 10.1 Å². The van der Waals surface area contributed by atoms with E-state index in [0.717, 1.165) is 33.5 Å². The molecule has 0 aliphatic carbocycles. The average Bonchev–Trinajstić information content (AvgIpc) is 3.01. The molecule has 5 nitrogen and oxygen atoms in total. The van der Waals surface area contributed by atoms with Gasteiger partial charge in [0.15, 0.2) is 5.65 Å². The fraction of sp³-hybridized carbons (Fsp3) is 0.174. The number of aryl methyl sites for hydroxylation is 3. The van der Waals surface area contributed by atoms with Crippen molar-refractivity contribution in [3.05, 3.63) is 77.4 Å². The van der Waals surface area contributed by atoms with Crippen LogP contribution in [0, 0.1) is 26.6 Å². The third-order valence-electron chi connectivity index (χ3n) is 5.05. The highest BCUT2D eigenvalue weighted by atomic mass is 19.1. The molecule has 0 radical (unpaired) electrons. The van der Waals surface area contributed by atoms with Gasteiger partial charge in [-0.1, -0.05) is 18.2 Å². The lowest BCUT2D eigenvalue weighted by Gasteiger charge is -2.08. The number of fused-ring (bicyclic) bond motifs is 1. The second-order valence-corrected chi connectivity index (χ2v) is 7.15. The van der Waals surface area contributed by atoms with Gasteiger partial charge in [-0.25, -0.2) is 14.1 Å². The quantitative estimate of drug-likeness (QED) is 0.546. The van der Waals surface area contributed by atoms with E-state index in [1.54, 1.807) is 23.0 Å². The van der Waals surface area contributed by atoms with Gasteiger partial charge < -0.3 is 5.32 Å². The summed E-state index contributed by atoms with van der Waals surface area (Å²) in [5.74, 6) is -0.457. The summed E-state index contributed by atoms with van der Waals surface area (Å²) < 4.78 is 14.9. The summed E-state index contributed by atoms with van der Waals surface area (Å²) in [4.78, 5) is 17.0. The van der Waals surface area contributed by atoms with Crippen molar-refractivity contribution in [2.45, 2.75) is 27.3 Å². The van der Waals surface area contributed by atoms with E-state index in [0.29, 0.717) is 5.65 Å². The smallest absolute Gasteiger partial charge is 0.246 e. The van der Waals surface area contributed by atoms with Gasteiger partial charge >= 0.3 is 0 Å². The maximum Gasteiger partial charge on any atom is 0.246 e. The van der Waals surface area contributed by atoms with Crippen LogP contribution in [-0.2, 0) is 11.3 Å². The molecule has 2 aromatic carbocycles. The SMILES string of the molecule is Cc1ccc(NC(=O)Cn2nc(C)c3c(-c4ccc(F)cc4)ccnc32)cc1C. The number of halogens is 1. The summed E-state index contributed by atoms with van der Waals surface area (Å²) in [5.41, 5.74) is 6.23. The van der Waals surface area contributed by atoms with Crippen LogP contribution in [0.2, 0.25) is 0 Å². The first kappa shape index (κ1) is 18.8.